The predicted molar refractivity (Wildman–Crippen MR) is 113 cm³/mol. The fourth-order valence-electron chi connectivity index (χ4n) is 4.11. The van der Waals surface area contributed by atoms with E-state index >= 15 is 0 Å². The van der Waals surface area contributed by atoms with Crippen molar-refractivity contribution < 1.29 is 4.79 Å². The predicted octanol–water partition coefficient (Wildman–Crippen LogP) is 2.45. The molecule has 0 saturated carbocycles. The zero-order valence-electron chi connectivity index (χ0n) is 17.8. The van der Waals surface area contributed by atoms with Gasteiger partial charge >= 0.3 is 0 Å². The van der Waals surface area contributed by atoms with E-state index in [4.69, 9.17) is 4.99 Å². The van der Waals surface area contributed by atoms with Crippen LogP contribution in [-0.4, -0.2) is 73.5 Å². The summed E-state index contributed by atoms with van der Waals surface area (Å²) in [7, 11) is 0. The van der Waals surface area contributed by atoms with Gasteiger partial charge in [0.05, 0.1) is 0 Å². The highest BCUT2D eigenvalue weighted by Gasteiger charge is 2.26. The van der Waals surface area contributed by atoms with E-state index in [0.29, 0.717) is 11.9 Å². The normalized spacial score (nSPS) is 20.9. The lowest BCUT2D eigenvalue weighted by molar-refractivity contribution is -0.129. The summed E-state index contributed by atoms with van der Waals surface area (Å²) >= 11 is 0. The van der Waals surface area contributed by atoms with Crippen molar-refractivity contribution in [1.82, 2.24) is 20.4 Å². The molecule has 0 aromatic rings. The van der Waals surface area contributed by atoms with Gasteiger partial charge in [0, 0.05) is 38.6 Å². The SMILES string of the molecule is CCNC(=NCCCN1CCC(C)CC1)NCCC(CC)N1CCCC1=O. The van der Waals surface area contributed by atoms with E-state index in [0.717, 1.165) is 76.7 Å². The third-order valence-corrected chi connectivity index (χ3v) is 5.91. The Hall–Kier alpha value is -1.30. The molecule has 0 aliphatic carbocycles. The molecule has 0 aromatic heterocycles. The molecule has 2 aliphatic rings. The number of rotatable bonds is 10. The van der Waals surface area contributed by atoms with E-state index in [9.17, 15) is 4.79 Å². The zero-order chi connectivity index (χ0) is 19.5. The van der Waals surface area contributed by atoms with E-state index in [-0.39, 0.29) is 0 Å². The number of nitrogens with one attached hydrogen (secondary N) is 2. The second-order valence-electron chi connectivity index (χ2n) is 8.11. The van der Waals surface area contributed by atoms with Gasteiger partial charge in [-0.05, 0) is 71.0 Å². The Morgan fingerprint density at radius 3 is 2.63 bits per heavy atom. The van der Waals surface area contributed by atoms with Crippen LogP contribution in [0, 0.1) is 5.92 Å². The Morgan fingerprint density at radius 2 is 2.00 bits per heavy atom. The molecule has 27 heavy (non-hydrogen) atoms. The molecule has 0 spiro atoms. The molecule has 1 unspecified atom stereocenters. The first-order valence-electron chi connectivity index (χ1n) is 11.2. The first-order valence-corrected chi connectivity index (χ1v) is 11.2. The molecule has 0 radical (unpaired) electrons. The molecule has 0 bridgehead atoms. The smallest absolute Gasteiger partial charge is 0.222 e. The van der Waals surface area contributed by atoms with Crippen LogP contribution in [0.2, 0.25) is 0 Å². The maximum absolute atomic E-state index is 12.0. The summed E-state index contributed by atoms with van der Waals surface area (Å²) < 4.78 is 0. The highest BCUT2D eigenvalue weighted by molar-refractivity contribution is 5.80. The topological polar surface area (TPSA) is 60.0 Å². The van der Waals surface area contributed by atoms with Gasteiger partial charge in [-0.15, -0.1) is 0 Å². The maximum atomic E-state index is 12.0. The Bertz CT molecular complexity index is 459. The average molecular weight is 380 g/mol. The fourth-order valence-corrected chi connectivity index (χ4v) is 4.11. The van der Waals surface area contributed by atoms with Crippen molar-refractivity contribution in [3.63, 3.8) is 0 Å². The van der Waals surface area contributed by atoms with Crippen LogP contribution in [0.5, 0.6) is 0 Å². The minimum atomic E-state index is 0.328. The van der Waals surface area contributed by atoms with E-state index < -0.39 is 0 Å². The Morgan fingerprint density at radius 1 is 1.22 bits per heavy atom. The molecule has 6 nitrogen and oxygen atoms in total. The number of nitrogens with zero attached hydrogens (tertiary/aromatic N) is 3. The molecular weight excluding hydrogens is 338 g/mol. The van der Waals surface area contributed by atoms with E-state index in [1.807, 2.05) is 0 Å². The van der Waals surface area contributed by atoms with Crippen molar-refractivity contribution in [3.05, 3.63) is 0 Å². The largest absolute Gasteiger partial charge is 0.357 e. The lowest BCUT2D eigenvalue weighted by atomic mass is 9.99. The van der Waals surface area contributed by atoms with Crippen LogP contribution in [0.15, 0.2) is 4.99 Å². The minimum Gasteiger partial charge on any atom is -0.357 e. The quantitative estimate of drug-likeness (QED) is 0.348. The maximum Gasteiger partial charge on any atom is 0.222 e. The van der Waals surface area contributed by atoms with Crippen molar-refractivity contribution in [3.8, 4) is 0 Å². The van der Waals surface area contributed by atoms with Gasteiger partial charge in [-0.1, -0.05) is 13.8 Å². The Labute approximate surface area is 166 Å². The molecule has 2 aliphatic heterocycles. The van der Waals surface area contributed by atoms with Crippen LogP contribution in [0.1, 0.15) is 65.7 Å². The van der Waals surface area contributed by atoms with Gasteiger partial charge < -0.3 is 20.4 Å². The summed E-state index contributed by atoms with van der Waals surface area (Å²) in [5.74, 6) is 2.13. The van der Waals surface area contributed by atoms with E-state index in [2.05, 4.69) is 41.2 Å². The summed E-state index contributed by atoms with van der Waals surface area (Å²) in [5, 5.41) is 6.80. The number of amides is 1. The van der Waals surface area contributed by atoms with Gasteiger partial charge in [0.15, 0.2) is 5.96 Å². The summed E-state index contributed by atoms with van der Waals surface area (Å²) in [4.78, 5) is 21.4. The van der Waals surface area contributed by atoms with Gasteiger partial charge in [-0.25, -0.2) is 0 Å². The molecule has 1 amide bonds. The third kappa shape index (κ3) is 7.68. The van der Waals surface area contributed by atoms with Crippen LogP contribution < -0.4 is 10.6 Å². The molecule has 2 fully saturated rings. The lowest BCUT2D eigenvalue weighted by Crippen LogP contribution is -2.42. The van der Waals surface area contributed by atoms with Gasteiger partial charge in [0.1, 0.15) is 0 Å². The summed E-state index contributed by atoms with van der Waals surface area (Å²) in [6.45, 7) is 13.8. The van der Waals surface area contributed by atoms with Gasteiger partial charge in [-0.2, -0.15) is 0 Å². The fraction of sp³-hybridized carbons (Fsp3) is 0.905. The number of hydrogen-bond acceptors (Lipinski definition) is 3. The van der Waals surface area contributed by atoms with Crippen molar-refractivity contribution >= 4 is 11.9 Å². The van der Waals surface area contributed by atoms with Crippen molar-refractivity contribution in [2.75, 3.05) is 45.8 Å². The number of carbonyl (C=O) groups is 1. The number of aliphatic imine (C=N–C) groups is 1. The van der Waals surface area contributed by atoms with Crippen molar-refractivity contribution in [1.29, 1.82) is 0 Å². The Balaban J connectivity index is 1.67. The van der Waals surface area contributed by atoms with Crippen molar-refractivity contribution in [2.24, 2.45) is 10.9 Å². The second kappa shape index (κ2) is 12.2. The number of guanidine groups is 1. The average Bonchev–Trinajstić information content (AvgIpc) is 3.09. The van der Waals surface area contributed by atoms with E-state index in [1.54, 1.807) is 0 Å². The molecule has 2 heterocycles. The minimum absolute atomic E-state index is 0.328. The molecule has 156 valence electrons. The summed E-state index contributed by atoms with van der Waals surface area (Å²) in [6, 6.07) is 0.358. The number of likely N-dealkylation sites (tertiary alicyclic amines) is 2. The molecular formula is C21H41N5O. The van der Waals surface area contributed by atoms with Crippen LogP contribution in [0.25, 0.3) is 0 Å². The van der Waals surface area contributed by atoms with Crippen LogP contribution in [0.4, 0.5) is 0 Å². The van der Waals surface area contributed by atoms with E-state index in [1.165, 1.54) is 25.9 Å². The molecule has 2 saturated heterocycles. The standard InChI is InChI=1S/C21H41N5O/c1-4-19(26-15-6-8-20(26)27)9-13-24-21(22-5-2)23-12-7-14-25-16-10-18(3)11-17-25/h18-19H,4-17H2,1-3H3,(H2,22,23,24). The molecule has 2 rings (SSSR count). The monoisotopic (exact) mass is 379 g/mol. The number of carbonyl (C=O) groups excluding carboxylic acids is 1. The summed E-state index contributed by atoms with van der Waals surface area (Å²) in [6.07, 6.45) is 7.54. The zero-order valence-corrected chi connectivity index (χ0v) is 17.8. The highest BCUT2D eigenvalue weighted by Crippen LogP contribution is 2.18. The number of hydrogen-bond donors (Lipinski definition) is 2. The first-order chi connectivity index (χ1) is 13.1. The van der Waals surface area contributed by atoms with Gasteiger partial charge in [0.25, 0.3) is 0 Å². The third-order valence-electron chi connectivity index (χ3n) is 5.91. The molecule has 6 heteroatoms. The first kappa shape index (κ1) is 22.0. The van der Waals surface area contributed by atoms with Gasteiger partial charge in [0.2, 0.25) is 5.91 Å². The molecule has 2 N–H and O–H groups in total. The van der Waals surface area contributed by atoms with Crippen LogP contribution in [0.3, 0.4) is 0 Å². The highest BCUT2D eigenvalue weighted by atomic mass is 16.2. The number of piperidine rings is 1. The Kier molecular flexibility index (Phi) is 9.95. The molecule has 0 aromatic carbocycles. The van der Waals surface area contributed by atoms with Crippen molar-refractivity contribution in [2.45, 2.75) is 71.8 Å². The van der Waals surface area contributed by atoms with Crippen LogP contribution in [-0.2, 0) is 4.79 Å². The van der Waals surface area contributed by atoms with Crippen LogP contribution >= 0.6 is 0 Å². The van der Waals surface area contributed by atoms with Gasteiger partial charge in [-0.3, -0.25) is 9.79 Å². The summed E-state index contributed by atoms with van der Waals surface area (Å²) in [5.41, 5.74) is 0. The second-order valence-corrected chi connectivity index (χ2v) is 8.11. The molecule has 1 atom stereocenters. The lowest BCUT2D eigenvalue weighted by Gasteiger charge is -2.29.